The number of ether oxygens (including phenoxy) is 1. The molecule has 6 nitrogen and oxygen atoms in total. The van der Waals surface area contributed by atoms with Gasteiger partial charge in [0.2, 0.25) is 0 Å². The maximum atomic E-state index is 10.8. The molecule has 0 spiro atoms. The molecule has 0 aliphatic carbocycles. The Morgan fingerprint density at radius 1 is 1.14 bits per heavy atom. The summed E-state index contributed by atoms with van der Waals surface area (Å²) in [5.74, 6) is 0.819. The van der Waals surface area contributed by atoms with Crippen molar-refractivity contribution >= 4 is 22.7 Å². The molecule has 4 rings (SSSR count). The number of nitrogens with zero attached hydrogens (tertiary/aromatic N) is 2. The van der Waals surface area contributed by atoms with Crippen molar-refractivity contribution in [3.8, 4) is 5.75 Å². The summed E-state index contributed by atoms with van der Waals surface area (Å²) in [6.07, 6.45) is 2.53. The third-order valence-electron chi connectivity index (χ3n) is 5.07. The first-order chi connectivity index (χ1) is 13.7. The Bertz CT molecular complexity index is 954. The summed E-state index contributed by atoms with van der Waals surface area (Å²) in [6.45, 7) is 2.15. The molecule has 3 aromatic rings. The van der Waals surface area contributed by atoms with Crippen LogP contribution >= 0.6 is 0 Å². The quantitative estimate of drug-likeness (QED) is 0.702. The van der Waals surface area contributed by atoms with E-state index in [0.717, 1.165) is 53.8 Å². The first kappa shape index (κ1) is 18.1. The monoisotopic (exact) mass is 377 g/mol. The summed E-state index contributed by atoms with van der Waals surface area (Å²) in [5.41, 5.74) is 3.12. The fraction of sp³-hybridized carbons (Fsp3) is 0.273. The number of fused-ring (bicyclic) bond motifs is 1. The Morgan fingerprint density at radius 2 is 1.93 bits per heavy atom. The second kappa shape index (κ2) is 8.17. The lowest BCUT2D eigenvalue weighted by Crippen LogP contribution is -2.44. The molecule has 1 aromatic heterocycles. The molecular formula is C22H23N3O3. The van der Waals surface area contributed by atoms with Crippen molar-refractivity contribution in [1.29, 1.82) is 0 Å². The zero-order valence-electron chi connectivity index (χ0n) is 15.5. The lowest BCUT2D eigenvalue weighted by atomic mass is 10.0. The molecule has 1 aliphatic rings. The van der Waals surface area contributed by atoms with Gasteiger partial charge in [-0.25, -0.2) is 4.79 Å². The highest BCUT2D eigenvalue weighted by Gasteiger charge is 2.21. The van der Waals surface area contributed by atoms with Crippen LogP contribution in [0.4, 0.5) is 10.5 Å². The van der Waals surface area contributed by atoms with Crippen molar-refractivity contribution in [3.05, 3.63) is 66.4 Å². The van der Waals surface area contributed by atoms with Gasteiger partial charge in [-0.3, -0.25) is 4.98 Å². The van der Waals surface area contributed by atoms with Gasteiger partial charge < -0.3 is 20.1 Å². The van der Waals surface area contributed by atoms with Gasteiger partial charge in [0.1, 0.15) is 12.4 Å². The van der Waals surface area contributed by atoms with Crippen LogP contribution in [-0.2, 0) is 6.61 Å². The predicted molar refractivity (Wildman–Crippen MR) is 109 cm³/mol. The lowest BCUT2D eigenvalue weighted by Gasteiger charge is -2.33. The average molecular weight is 377 g/mol. The first-order valence-corrected chi connectivity index (χ1v) is 9.48. The lowest BCUT2D eigenvalue weighted by molar-refractivity contribution is 0.187. The van der Waals surface area contributed by atoms with Crippen LogP contribution in [0.5, 0.6) is 5.75 Å². The number of benzene rings is 2. The van der Waals surface area contributed by atoms with E-state index in [4.69, 9.17) is 9.84 Å². The molecule has 0 saturated carbocycles. The summed E-state index contributed by atoms with van der Waals surface area (Å²) in [7, 11) is 0. The van der Waals surface area contributed by atoms with Gasteiger partial charge in [0.25, 0.3) is 0 Å². The van der Waals surface area contributed by atoms with Crippen LogP contribution in [0.25, 0.3) is 10.9 Å². The number of carboxylic acid groups (broad SMARTS) is 1. The highest BCUT2D eigenvalue weighted by Crippen LogP contribution is 2.26. The molecular weight excluding hydrogens is 354 g/mol. The van der Waals surface area contributed by atoms with E-state index in [0.29, 0.717) is 6.61 Å². The Kier molecular flexibility index (Phi) is 5.28. The molecule has 6 heteroatoms. The average Bonchev–Trinajstić information content (AvgIpc) is 2.72. The first-order valence-electron chi connectivity index (χ1n) is 9.48. The number of aromatic nitrogens is 1. The number of nitrogens with one attached hydrogen (secondary N) is 1. The van der Waals surface area contributed by atoms with E-state index in [1.807, 2.05) is 54.7 Å². The Morgan fingerprint density at radius 3 is 2.68 bits per heavy atom. The van der Waals surface area contributed by atoms with Gasteiger partial charge >= 0.3 is 6.09 Å². The molecule has 2 N–H and O–H groups in total. The summed E-state index contributed by atoms with van der Waals surface area (Å²) in [5, 5.41) is 12.5. The number of piperidine rings is 1. The van der Waals surface area contributed by atoms with Crippen molar-refractivity contribution in [2.24, 2.45) is 0 Å². The summed E-state index contributed by atoms with van der Waals surface area (Å²) >= 11 is 0. The van der Waals surface area contributed by atoms with Gasteiger partial charge in [0.05, 0.1) is 17.4 Å². The molecule has 0 unspecified atom stereocenters. The van der Waals surface area contributed by atoms with Crippen LogP contribution in [0.1, 0.15) is 18.4 Å². The highest BCUT2D eigenvalue weighted by molar-refractivity contribution is 5.83. The van der Waals surface area contributed by atoms with Crippen molar-refractivity contribution < 1.29 is 14.6 Å². The van der Waals surface area contributed by atoms with Crippen LogP contribution < -0.4 is 15.0 Å². The molecule has 1 aliphatic heterocycles. The minimum Gasteiger partial charge on any atom is -0.489 e. The van der Waals surface area contributed by atoms with E-state index >= 15 is 0 Å². The second-order valence-electron chi connectivity index (χ2n) is 7.03. The van der Waals surface area contributed by atoms with Crippen molar-refractivity contribution in [3.63, 3.8) is 0 Å². The Balaban J connectivity index is 1.45. The zero-order valence-corrected chi connectivity index (χ0v) is 15.5. The van der Waals surface area contributed by atoms with E-state index in [2.05, 4.69) is 21.3 Å². The number of pyridine rings is 1. The van der Waals surface area contributed by atoms with Crippen molar-refractivity contribution in [2.45, 2.75) is 25.5 Å². The Hall–Kier alpha value is -3.28. The van der Waals surface area contributed by atoms with E-state index in [9.17, 15) is 4.79 Å². The van der Waals surface area contributed by atoms with Crippen LogP contribution in [0, 0.1) is 0 Å². The van der Waals surface area contributed by atoms with Gasteiger partial charge in [-0.1, -0.05) is 30.3 Å². The van der Waals surface area contributed by atoms with Gasteiger partial charge in [-0.05, 0) is 42.7 Å². The third kappa shape index (κ3) is 4.34. The smallest absolute Gasteiger partial charge is 0.404 e. The molecule has 0 radical (unpaired) electrons. The maximum Gasteiger partial charge on any atom is 0.404 e. The largest absolute Gasteiger partial charge is 0.489 e. The number of hydrogen-bond acceptors (Lipinski definition) is 4. The number of anilines is 1. The van der Waals surface area contributed by atoms with Gasteiger partial charge in [-0.15, -0.1) is 0 Å². The molecule has 1 amide bonds. The normalized spacial score (nSPS) is 14.8. The van der Waals surface area contributed by atoms with E-state index in [1.165, 1.54) is 0 Å². The SMILES string of the molecule is O=C(O)NC1CCN(c2cnc3ccc(OCc4ccccc4)cc3c2)CC1. The summed E-state index contributed by atoms with van der Waals surface area (Å²) < 4.78 is 5.93. The number of amides is 1. The maximum absolute atomic E-state index is 10.8. The highest BCUT2D eigenvalue weighted by atomic mass is 16.5. The van der Waals surface area contributed by atoms with Crippen LogP contribution in [0.3, 0.4) is 0 Å². The van der Waals surface area contributed by atoms with E-state index in [-0.39, 0.29) is 6.04 Å². The molecule has 1 saturated heterocycles. The molecule has 2 heterocycles. The van der Waals surface area contributed by atoms with Crippen LogP contribution in [0.2, 0.25) is 0 Å². The minimum absolute atomic E-state index is 0.0279. The molecule has 2 aromatic carbocycles. The number of rotatable bonds is 5. The Labute approximate surface area is 163 Å². The van der Waals surface area contributed by atoms with Crippen molar-refractivity contribution in [2.75, 3.05) is 18.0 Å². The number of hydrogen-bond donors (Lipinski definition) is 2. The predicted octanol–water partition coefficient (Wildman–Crippen LogP) is 4.05. The van der Waals surface area contributed by atoms with Crippen LogP contribution in [-0.4, -0.2) is 35.3 Å². The molecule has 1 fully saturated rings. The molecule has 144 valence electrons. The fourth-order valence-corrected chi connectivity index (χ4v) is 3.56. The van der Waals surface area contributed by atoms with Gasteiger partial charge in [0, 0.05) is 24.5 Å². The minimum atomic E-state index is -0.950. The van der Waals surface area contributed by atoms with Gasteiger partial charge in [-0.2, -0.15) is 0 Å². The molecule has 0 bridgehead atoms. The second-order valence-corrected chi connectivity index (χ2v) is 7.03. The summed E-state index contributed by atoms with van der Waals surface area (Å²) in [6, 6.07) is 18.2. The molecule has 0 atom stereocenters. The zero-order chi connectivity index (χ0) is 19.3. The summed E-state index contributed by atoms with van der Waals surface area (Å²) in [4.78, 5) is 17.6. The topological polar surface area (TPSA) is 74.7 Å². The van der Waals surface area contributed by atoms with Gasteiger partial charge in [0.15, 0.2) is 0 Å². The molecule has 28 heavy (non-hydrogen) atoms. The third-order valence-corrected chi connectivity index (χ3v) is 5.07. The van der Waals surface area contributed by atoms with E-state index < -0.39 is 6.09 Å². The van der Waals surface area contributed by atoms with Crippen molar-refractivity contribution in [1.82, 2.24) is 10.3 Å². The van der Waals surface area contributed by atoms with E-state index in [1.54, 1.807) is 0 Å². The van der Waals surface area contributed by atoms with Crippen LogP contribution in [0.15, 0.2) is 60.8 Å². The fourth-order valence-electron chi connectivity index (χ4n) is 3.56. The standard InChI is InChI=1S/C22H23N3O3/c26-22(27)24-18-8-10-25(11-9-18)19-12-17-13-20(6-7-21(17)23-14-19)28-15-16-4-2-1-3-5-16/h1-7,12-14,18,24H,8-11,15H2,(H,26,27). The number of carbonyl (C=O) groups is 1.